The number of amides is 2. The molecule has 1 aliphatic carbocycles. The van der Waals surface area contributed by atoms with Crippen LogP contribution in [0.15, 0.2) is 12.1 Å². The summed E-state index contributed by atoms with van der Waals surface area (Å²) < 4.78 is 0. The van der Waals surface area contributed by atoms with Gasteiger partial charge in [0.1, 0.15) is 6.54 Å². The van der Waals surface area contributed by atoms with E-state index in [4.69, 9.17) is 11.6 Å². The van der Waals surface area contributed by atoms with Gasteiger partial charge < -0.3 is 10.2 Å². The molecule has 1 fully saturated rings. The SMILES string of the molecule is CC(=O)N(CC(=O)Nc1c(C)cc(C)cc1Cl)C1CCCC1. The number of aryl methyl sites for hydroxylation is 2. The molecule has 0 radical (unpaired) electrons. The Morgan fingerprint density at radius 1 is 1.27 bits per heavy atom. The standard InChI is InChI=1S/C17H23ClN2O2/c1-11-8-12(2)17(15(18)9-11)19-16(22)10-20(13(3)21)14-6-4-5-7-14/h8-9,14H,4-7,10H2,1-3H3,(H,19,22). The second-order valence-electron chi connectivity index (χ2n) is 6.07. The zero-order valence-corrected chi connectivity index (χ0v) is 14.2. The molecule has 0 heterocycles. The first-order valence-corrected chi connectivity index (χ1v) is 8.10. The summed E-state index contributed by atoms with van der Waals surface area (Å²) >= 11 is 6.21. The molecule has 2 rings (SSSR count). The molecule has 120 valence electrons. The van der Waals surface area contributed by atoms with E-state index < -0.39 is 0 Å². The quantitative estimate of drug-likeness (QED) is 0.919. The summed E-state index contributed by atoms with van der Waals surface area (Å²) in [4.78, 5) is 25.8. The number of carbonyl (C=O) groups excluding carboxylic acids is 2. The Labute approximate surface area is 136 Å². The fraction of sp³-hybridized carbons (Fsp3) is 0.529. The zero-order valence-electron chi connectivity index (χ0n) is 13.4. The average molecular weight is 323 g/mol. The molecule has 0 atom stereocenters. The summed E-state index contributed by atoms with van der Waals surface area (Å²) in [6.07, 6.45) is 4.21. The van der Waals surface area contributed by atoms with Crippen molar-refractivity contribution in [2.24, 2.45) is 0 Å². The van der Waals surface area contributed by atoms with Gasteiger partial charge in [0, 0.05) is 13.0 Å². The van der Waals surface area contributed by atoms with E-state index in [1.54, 1.807) is 4.90 Å². The first-order valence-electron chi connectivity index (χ1n) is 7.72. The summed E-state index contributed by atoms with van der Waals surface area (Å²) in [5.74, 6) is -0.246. The van der Waals surface area contributed by atoms with Gasteiger partial charge >= 0.3 is 0 Å². The van der Waals surface area contributed by atoms with Crippen molar-refractivity contribution in [1.29, 1.82) is 0 Å². The van der Waals surface area contributed by atoms with Gasteiger partial charge in [0.15, 0.2) is 0 Å². The minimum absolute atomic E-state index is 0.0474. The maximum absolute atomic E-state index is 12.3. The fourth-order valence-corrected chi connectivity index (χ4v) is 3.49. The van der Waals surface area contributed by atoms with E-state index in [0.29, 0.717) is 10.7 Å². The highest BCUT2D eigenvalue weighted by atomic mass is 35.5. The lowest BCUT2D eigenvalue weighted by Gasteiger charge is -2.27. The summed E-state index contributed by atoms with van der Waals surface area (Å²) in [7, 11) is 0. The van der Waals surface area contributed by atoms with Crippen molar-refractivity contribution in [2.75, 3.05) is 11.9 Å². The zero-order chi connectivity index (χ0) is 16.3. The van der Waals surface area contributed by atoms with Gasteiger partial charge in [-0.15, -0.1) is 0 Å². The second kappa shape index (κ2) is 7.14. The van der Waals surface area contributed by atoms with Crippen LogP contribution >= 0.6 is 11.6 Å². The third-order valence-electron chi connectivity index (χ3n) is 4.18. The van der Waals surface area contributed by atoms with E-state index in [1.807, 2.05) is 26.0 Å². The lowest BCUT2D eigenvalue weighted by Crippen LogP contribution is -2.42. The highest BCUT2D eigenvalue weighted by molar-refractivity contribution is 6.34. The van der Waals surface area contributed by atoms with Crippen LogP contribution in [0.4, 0.5) is 5.69 Å². The number of carbonyl (C=O) groups is 2. The van der Waals surface area contributed by atoms with Gasteiger partial charge in [0.05, 0.1) is 10.7 Å². The van der Waals surface area contributed by atoms with Crippen molar-refractivity contribution in [3.63, 3.8) is 0 Å². The van der Waals surface area contributed by atoms with Crippen molar-refractivity contribution >= 4 is 29.1 Å². The molecule has 2 amide bonds. The molecule has 0 aromatic heterocycles. The van der Waals surface area contributed by atoms with Crippen LogP contribution in [0.1, 0.15) is 43.7 Å². The van der Waals surface area contributed by atoms with Crippen LogP contribution in [0.25, 0.3) is 0 Å². The molecule has 1 aromatic rings. The van der Waals surface area contributed by atoms with E-state index in [1.165, 1.54) is 6.92 Å². The normalized spacial score (nSPS) is 14.9. The van der Waals surface area contributed by atoms with Crippen molar-refractivity contribution in [3.05, 3.63) is 28.3 Å². The average Bonchev–Trinajstić information content (AvgIpc) is 2.93. The molecule has 5 heteroatoms. The Bertz CT molecular complexity index is 557. The van der Waals surface area contributed by atoms with Gasteiger partial charge in [0.25, 0.3) is 0 Å². The van der Waals surface area contributed by atoms with Gasteiger partial charge in [0.2, 0.25) is 11.8 Å². The summed E-state index contributed by atoms with van der Waals surface area (Å²) in [6, 6.07) is 3.99. The van der Waals surface area contributed by atoms with Gasteiger partial charge in [-0.1, -0.05) is 30.5 Å². The van der Waals surface area contributed by atoms with E-state index >= 15 is 0 Å². The molecule has 0 unspecified atom stereocenters. The van der Waals surface area contributed by atoms with Crippen LogP contribution in [-0.2, 0) is 9.59 Å². The first-order chi connectivity index (χ1) is 10.4. The number of nitrogens with one attached hydrogen (secondary N) is 1. The third-order valence-corrected chi connectivity index (χ3v) is 4.48. The van der Waals surface area contributed by atoms with Gasteiger partial charge in [-0.3, -0.25) is 9.59 Å². The highest BCUT2D eigenvalue weighted by Gasteiger charge is 2.26. The van der Waals surface area contributed by atoms with Gasteiger partial charge in [-0.25, -0.2) is 0 Å². The molecule has 0 aliphatic heterocycles. The molecule has 0 saturated heterocycles. The first kappa shape index (κ1) is 16.8. The minimum Gasteiger partial charge on any atom is -0.331 e. The molecule has 1 aromatic carbocycles. The molecular weight excluding hydrogens is 300 g/mol. The predicted octanol–water partition coefficient (Wildman–Crippen LogP) is 3.69. The molecule has 0 bridgehead atoms. The fourth-order valence-electron chi connectivity index (χ4n) is 3.12. The molecule has 1 N–H and O–H groups in total. The Kier molecular flexibility index (Phi) is 5.46. The Morgan fingerprint density at radius 3 is 2.45 bits per heavy atom. The second-order valence-corrected chi connectivity index (χ2v) is 6.48. The monoisotopic (exact) mass is 322 g/mol. The van der Waals surface area contributed by atoms with Crippen molar-refractivity contribution < 1.29 is 9.59 Å². The Hall–Kier alpha value is -1.55. The summed E-state index contributed by atoms with van der Waals surface area (Å²) in [5.41, 5.74) is 2.61. The number of halogens is 1. The largest absolute Gasteiger partial charge is 0.331 e. The van der Waals surface area contributed by atoms with Crippen molar-refractivity contribution in [1.82, 2.24) is 4.90 Å². The molecule has 22 heavy (non-hydrogen) atoms. The van der Waals surface area contributed by atoms with Crippen LogP contribution in [0.5, 0.6) is 0 Å². The van der Waals surface area contributed by atoms with Crippen LogP contribution in [0, 0.1) is 13.8 Å². The maximum atomic E-state index is 12.3. The van der Waals surface area contributed by atoms with Crippen LogP contribution in [-0.4, -0.2) is 29.3 Å². The van der Waals surface area contributed by atoms with Gasteiger partial charge in [-0.2, -0.15) is 0 Å². The molecule has 0 spiro atoms. The highest BCUT2D eigenvalue weighted by Crippen LogP contribution is 2.28. The van der Waals surface area contributed by atoms with E-state index in [9.17, 15) is 9.59 Å². The number of benzene rings is 1. The Balaban J connectivity index is 2.07. The summed E-state index contributed by atoms with van der Waals surface area (Å²) in [6.45, 7) is 5.48. The lowest BCUT2D eigenvalue weighted by molar-refractivity contribution is -0.135. The van der Waals surface area contributed by atoms with Crippen LogP contribution in [0.3, 0.4) is 0 Å². The summed E-state index contributed by atoms with van der Waals surface area (Å²) in [5, 5.41) is 3.38. The number of hydrogen-bond donors (Lipinski definition) is 1. The van der Waals surface area contributed by atoms with E-state index in [-0.39, 0.29) is 24.4 Å². The number of rotatable bonds is 4. The van der Waals surface area contributed by atoms with Crippen molar-refractivity contribution in [2.45, 2.75) is 52.5 Å². The van der Waals surface area contributed by atoms with Crippen molar-refractivity contribution in [3.8, 4) is 0 Å². The van der Waals surface area contributed by atoms with E-state index in [2.05, 4.69) is 5.32 Å². The third kappa shape index (κ3) is 4.01. The smallest absolute Gasteiger partial charge is 0.244 e. The number of nitrogens with zero attached hydrogens (tertiary/aromatic N) is 1. The molecular formula is C17H23ClN2O2. The lowest BCUT2D eigenvalue weighted by atomic mass is 10.1. The minimum atomic E-state index is -0.198. The number of anilines is 1. The molecule has 4 nitrogen and oxygen atoms in total. The molecule has 1 saturated carbocycles. The van der Waals surface area contributed by atoms with Crippen LogP contribution in [0.2, 0.25) is 5.02 Å². The van der Waals surface area contributed by atoms with E-state index in [0.717, 1.165) is 36.8 Å². The van der Waals surface area contributed by atoms with Crippen LogP contribution < -0.4 is 5.32 Å². The maximum Gasteiger partial charge on any atom is 0.244 e. The molecule has 1 aliphatic rings. The Morgan fingerprint density at radius 2 is 1.91 bits per heavy atom. The topological polar surface area (TPSA) is 49.4 Å². The predicted molar refractivity (Wildman–Crippen MR) is 89.2 cm³/mol. The van der Waals surface area contributed by atoms with Gasteiger partial charge in [-0.05, 0) is 43.9 Å². The number of hydrogen-bond acceptors (Lipinski definition) is 2.